The molecule has 0 aromatic rings. The molecular formula is C14H27NO2. The summed E-state index contributed by atoms with van der Waals surface area (Å²) in [4.78, 5) is 14.0. The summed E-state index contributed by atoms with van der Waals surface area (Å²) >= 11 is 0. The van der Waals surface area contributed by atoms with Crippen LogP contribution in [0.15, 0.2) is 0 Å². The summed E-state index contributed by atoms with van der Waals surface area (Å²) in [5.41, 5.74) is 0. The van der Waals surface area contributed by atoms with Crippen molar-refractivity contribution in [1.29, 1.82) is 0 Å². The standard InChI is InChI=1S/C14H27NO2/c1-4-5-6-7-8-9-14(16)15-10-12(2)17-13(3)11-15/h12-13H,4-11H2,1-3H3/t12-,13-/m0/s1. The lowest BCUT2D eigenvalue weighted by Gasteiger charge is -2.35. The Kier molecular flexibility index (Phi) is 6.56. The molecule has 1 amide bonds. The minimum atomic E-state index is 0.183. The minimum absolute atomic E-state index is 0.183. The number of hydrogen-bond donors (Lipinski definition) is 0. The van der Waals surface area contributed by atoms with Gasteiger partial charge in [-0.3, -0.25) is 4.79 Å². The van der Waals surface area contributed by atoms with Crippen molar-refractivity contribution in [2.45, 2.75) is 71.5 Å². The molecule has 1 aliphatic rings. The fourth-order valence-corrected chi connectivity index (χ4v) is 2.42. The van der Waals surface area contributed by atoms with E-state index in [1.165, 1.54) is 25.7 Å². The fraction of sp³-hybridized carbons (Fsp3) is 0.929. The monoisotopic (exact) mass is 241 g/mol. The van der Waals surface area contributed by atoms with Crippen molar-refractivity contribution in [3.05, 3.63) is 0 Å². The normalized spacial score (nSPS) is 25.0. The summed E-state index contributed by atoms with van der Waals surface area (Å²) in [5, 5.41) is 0. The molecule has 1 rings (SSSR count). The van der Waals surface area contributed by atoms with E-state index < -0.39 is 0 Å². The first kappa shape index (κ1) is 14.5. The Labute approximate surface area is 106 Å². The second kappa shape index (κ2) is 7.70. The third-order valence-corrected chi connectivity index (χ3v) is 3.27. The summed E-state index contributed by atoms with van der Waals surface area (Å²) in [6.07, 6.45) is 7.12. The minimum Gasteiger partial charge on any atom is -0.372 e. The first-order chi connectivity index (χ1) is 8.13. The Hall–Kier alpha value is -0.570. The molecule has 1 fully saturated rings. The third kappa shape index (κ3) is 5.53. The predicted molar refractivity (Wildman–Crippen MR) is 70.0 cm³/mol. The number of carbonyl (C=O) groups is 1. The molecule has 1 aliphatic heterocycles. The zero-order valence-corrected chi connectivity index (χ0v) is 11.6. The molecule has 0 aliphatic carbocycles. The lowest BCUT2D eigenvalue weighted by atomic mass is 10.1. The maximum Gasteiger partial charge on any atom is 0.222 e. The number of morpholine rings is 1. The van der Waals surface area contributed by atoms with Gasteiger partial charge < -0.3 is 9.64 Å². The predicted octanol–water partition coefficient (Wildman–Crippen LogP) is 2.98. The highest BCUT2D eigenvalue weighted by molar-refractivity contribution is 5.76. The average Bonchev–Trinajstić information content (AvgIpc) is 2.27. The van der Waals surface area contributed by atoms with E-state index >= 15 is 0 Å². The van der Waals surface area contributed by atoms with E-state index in [1.54, 1.807) is 0 Å². The van der Waals surface area contributed by atoms with E-state index in [9.17, 15) is 4.79 Å². The van der Waals surface area contributed by atoms with Gasteiger partial charge in [0.05, 0.1) is 12.2 Å². The summed E-state index contributed by atoms with van der Waals surface area (Å²) in [5.74, 6) is 0.309. The molecule has 0 aromatic heterocycles. The largest absolute Gasteiger partial charge is 0.372 e. The van der Waals surface area contributed by atoms with Gasteiger partial charge >= 0.3 is 0 Å². The van der Waals surface area contributed by atoms with E-state index in [-0.39, 0.29) is 12.2 Å². The first-order valence-corrected chi connectivity index (χ1v) is 7.06. The molecule has 3 nitrogen and oxygen atoms in total. The molecule has 1 saturated heterocycles. The lowest BCUT2D eigenvalue weighted by Crippen LogP contribution is -2.48. The highest BCUT2D eigenvalue weighted by Crippen LogP contribution is 2.13. The Morgan fingerprint density at radius 2 is 1.71 bits per heavy atom. The van der Waals surface area contributed by atoms with Crippen molar-refractivity contribution >= 4 is 5.91 Å². The number of carbonyl (C=O) groups excluding carboxylic acids is 1. The summed E-state index contributed by atoms with van der Waals surface area (Å²) in [7, 11) is 0. The van der Waals surface area contributed by atoms with Crippen LogP contribution < -0.4 is 0 Å². The molecule has 0 unspecified atom stereocenters. The van der Waals surface area contributed by atoms with Crippen molar-refractivity contribution in [2.75, 3.05) is 13.1 Å². The quantitative estimate of drug-likeness (QED) is 0.669. The van der Waals surface area contributed by atoms with Crippen LogP contribution in [0.25, 0.3) is 0 Å². The Balaban J connectivity index is 2.18. The van der Waals surface area contributed by atoms with Crippen molar-refractivity contribution < 1.29 is 9.53 Å². The van der Waals surface area contributed by atoms with Crippen molar-refractivity contribution in [3.63, 3.8) is 0 Å². The van der Waals surface area contributed by atoms with Crippen LogP contribution in [-0.4, -0.2) is 36.1 Å². The van der Waals surface area contributed by atoms with Crippen molar-refractivity contribution in [1.82, 2.24) is 4.90 Å². The molecular weight excluding hydrogens is 214 g/mol. The zero-order valence-electron chi connectivity index (χ0n) is 11.6. The maximum atomic E-state index is 12.0. The first-order valence-electron chi connectivity index (χ1n) is 7.06. The topological polar surface area (TPSA) is 29.5 Å². The Morgan fingerprint density at radius 3 is 2.29 bits per heavy atom. The van der Waals surface area contributed by atoms with E-state index in [0.717, 1.165) is 19.5 Å². The summed E-state index contributed by atoms with van der Waals surface area (Å²) in [6, 6.07) is 0. The lowest BCUT2D eigenvalue weighted by molar-refractivity contribution is -0.143. The molecule has 0 bridgehead atoms. The van der Waals surface area contributed by atoms with Gasteiger partial charge in [-0.05, 0) is 20.3 Å². The zero-order chi connectivity index (χ0) is 12.7. The number of amides is 1. The molecule has 1 heterocycles. The van der Waals surface area contributed by atoms with Gasteiger partial charge in [0, 0.05) is 19.5 Å². The van der Waals surface area contributed by atoms with Crippen molar-refractivity contribution in [2.24, 2.45) is 0 Å². The maximum absolute atomic E-state index is 12.0. The van der Waals surface area contributed by atoms with Crippen LogP contribution in [0.1, 0.15) is 59.3 Å². The van der Waals surface area contributed by atoms with E-state index in [2.05, 4.69) is 6.92 Å². The van der Waals surface area contributed by atoms with Crippen LogP contribution in [0.3, 0.4) is 0 Å². The third-order valence-electron chi connectivity index (χ3n) is 3.27. The molecule has 0 N–H and O–H groups in total. The second-order valence-corrected chi connectivity index (χ2v) is 5.22. The molecule has 0 spiro atoms. The van der Waals surface area contributed by atoms with Gasteiger partial charge in [0.15, 0.2) is 0 Å². The second-order valence-electron chi connectivity index (χ2n) is 5.22. The van der Waals surface area contributed by atoms with E-state index in [4.69, 9.17) is 4.74 Å². The highest BCUT2D eigenvalue weighted by Gasteiger charge is 2.25. The van der Waals surface area contributed by atoms with Gasteiger partial charge in [-0.15, -0.1) is 0 Å². The van der Waals surface area contributed by atoms with Crippen LogP contribution >= 0.6 is 0 Å². The Bertz CT molecular complexity index is 220. The van der Waals surface area contributed by atoms with E-state index in [1.807, 2.05) is 18.7 Å². The molecule has 17 heavy (non-hydrogen) atoms. The van der Waals surface area contributed by atoms with Crippen LogP contribution in [0.5, 0.6) is 0 Å². The highest BCUT2D eigenvalue weighted by atomic mass is 16.5. The van der Waals surface area contributed by atoms with Gasteiger partial charge in [0.2, 0.25) is 5.91 Å². The van der Waals surface area contributed by atoms with E-state index in [0.29, 0.717) is 12.3 Å². The van der Waals surface area contributed by atoms with Crippen molar-refractivity contribution in [3.8, 4) is 0 Å². The smallest absolute Gasteiger partial charge is 0.222 e. The Morgan fingerprint density at radius 1 is 1.12 bits per heavy atom. The summed E-state index contributed by atoms with van der Waals surface area (Å²) < 4.78 is 5.63. The summed E-state index contributed by atoms with van der Waals surface area (Å²) in [6.45, 7) is 7.81. The van der Waals surface area contributed by atoms with Crippen LogP contribution in [-0.2, 0) is 9.53 Å². The number of ether oxygens (including phenoxy) is 1. The SMILES string of the molecule is CCCCCCCC(=O)N1C[C@H](C)O[C@@H](C)C1. The van der Waals surface area contributed by atoms with Gasteiger partial charge in [0.1, 0.15) is 0 Å². The van der Waals surface area contributed by atoms with Gasteiger partial charge in [-0.25, -0.2) is 0 Å². The molecule has 3 heteroatoms. The average molecular weight is 241 g/mol. The number of rotatable bonds is 6. The molecule has 0 radical (unpaired) electrons. The molecule has 2 atom stereocenters. The van der Waals surface area contributed by atoms with Crippen LogP contribution in [0.4, 0.5) is 0 Å². The van der Waals surface area contributed by atoms with Crippen LogP contribution in [0, 0.1) is 0 Å². The van der Waals surface area contributed by atoms with Gasteiger partial charge in [-0.1, -0.05) is 32.6 Å². The fourth-order valence-electron chi connectivity index (χ4n) is 2.42. The molecule has 0 aromatic carbocycles. The molecule has 0 saturated carbocycles. The van der Waals surface area contributed by atoms with Gasteiger partial charge in [0.25, 0.3) is 0 Å². The number of hydrogen-bond acceptors (Lipinski definition) is 2. The van der Waals surface area contributed by atoms with Gasteiger partial charge in [-0.2, -0.15) is 0 Å². The van der Waals surface area contributed by atoms with Crippen LogP contribution in [0.2, 0.25) is 0 Å². The number of nitrogens with zero attached hydrogens (tertiary/aromatic N) is 1. The number of unbranched alkanes of at least 4 members (excludes halogenated alkanes) is 4. The molecule has 100 valence electrons.